The SMILES string of the molecule is Cc1c([C@@H](C)CCC(N)=O)c2cc(O)c(F)cc2n1C(=O)c1ccc(Cl)cc1. The number of carbonyl (C=O) groups excluding carboxylic acids is 2. The molecule has 3 rings (SSSR count). The van der Waals surface area contributed by atoms with Crippen molar-refractivity contribution in [1.82, 2.24) is 4.57 Å². The van der Waals surface area contributed by atoms with Crippen molar-refractivity contribution in [3.05, 3.63) is 64.1 Å². The third-order valence-electron chi connectivity index (χ3n) is 4.93. The third kappa shape index (κ3) is 3.60. The van der Waals surface area contributed by atoms with Crippen molar-refractivity contribution in [3.8, 4) is 5.75 Å². The van der Waals surface area contributed by atoms with E-state index in [1.807, 2.05) is 6.92 Å². The summed E-state index contributed by atoms with van der Waals surface area (Å²) in [5.41, 5.74) is 7.40. The highest BCUT2D eigenvalue weighted by atomic mass is 35.5. The molecule has 28 heavy (non-hydrogen) atoms. The van der Waals surface area contributed by atoms with E-state index >= 15 is 0 Å². The van der Waals surface area contributed by atoms with Gasteiger partial charge in [0.15, 0.2) is 11.6 Å². The molecule has 3 N–H and O–H groups in total. The number of phenolic OH excluding ortho intramolecular Hbond substituents is 1. The van der Waals surface area contributed by atoms with Gasteiger partial charge in [-0.05, 0) is 55.2 Å². The summed E-state index contributed by atoms with van der Waals surface area (Å²) in [4.78, 5) is 24.3. The zero-order valence-electron chi connectivity index (χ0n) is 15.5. The zero-order valence-corrected chi connectivity index (χ0v) is 16.3. The topological polar surface area (TPSA) is 85.3 Å². The second-order valence-electron chi connectivity index (χ2n) is 6.87. The Hall–Kier alpha value is -2.86. The lowest BCUT2D eigenvalue weighted by Gasteiger charge is -2.12. The number of rotatable bonds is 5. The van der Waals surface area contributed by atoms with Crippen molar-refractivity contribution in [2.24, 2.45) is 5.73 Å². The number of hydrogen-bond donors (Lipinski definition) is 2. The molecule has 0 bridgehead atoms. The van der Waals surface area contributed by atoms with Crippen LogP contribution in [0.25, 0.3) is 10.9 Å². The highest BCUT2D eigenvalue weighted by molar-refractivity contribution is 6.30. The molecule has 5 nitrogen and oxygen atoms in total. The smallest absolute Gasteiger partial charge is 0.262 e. The fourth-order valence-corrected chi connectivity index (χ4v) is 3.68. The van der Waals surface area contributed by atoms with Gasteiger partial charge in [-0.25, -0.2) is 4.39 Å². The fraction of sp³-hybridized carbons (Fsp3) is 0.238. The van der Waals surface area contributed by atoms with E-state index in [1.54, 1.807) is 31.2 Å². The summed E-state index contributed by atoms with van der Waals surface area (Å²) in [6.07, 6.45) is 0.661. The number of carbonyl (C=O) groups is 2. The van der Waals surface area contributed by atoms with E-state index in [9.17, 15) is 19.1 Å². The van der Waals surface area contributed by atoms with Crippen molar-refractivity contribution in [3.63, 3.8) is 0 Å². The van der Waals surface area contributed by atoms with Crippen LogP contribution >= 0.6 is 11.6 Å². The summed E-state index contributed by atoms with van der Waals surface area (Å²) in [5, 5.41) is 10.9. The highest BCUT2D eigenvalue weighted by Gasteiger charge is 2.24. The van der Waals surface area contributed by atoms with Crippen molar-refractivity contribution in [2.45, 2.75) is 32.6 Å². The number of primary amides is 1. The van der Waals surface area contributed by atoms with Crippen molar-refractivity contribution >= 4 is 34.3 Å². The van der Waals surface area contributed by atoms with Crippen molar-refractivity contribution in [2.75, 3.05) is 0 Å². The molecular weight excluding hydrogens is 383 g/mol. The van der Waals surface area contributed by atoms with Gasteiger partial charge < -0.3 is 10.8 Å². The first-order chi connectivity index (χ1) is 13.2. The maximum atomic E-state index is 14.1. The quantitative estimate of drug-likeness (QED) is 0.658. The molecule has 0 radical (unpaired) electrons. The summed E-state index contributed by atoms with van der Waals surface area (Å²) >= 11 is 5.90. The van der Waals surface area contributed by atoms with E-state index in [4.69, 9.17) is 17.3 Å². The van der Waals surface area contributed by atoms with Crippen LogP contribution in [0.1, 0.15) is 47.3 Å². The number of amides is 1. The average Bonchev–Trinajstić information content (AvgIpc) is 2.91. The predicted molar refractivity (Wildman–Crippen MR) is 106 cm³/mol. The summed E-state index contributed by atoms with van der Waals surface area (Å²) in [6.45, 7) is 3.67. The number of nitrogens with two attached hydrogens (primary N) is 1. The Morgan fingerprint density at radius 2 is 1.89 bits per heavy atom. The maximum Gasteiger partial charge on any atom is 0.262 e. The van der Waals surface area contributed by atoms with Gasteiger partial charge in [0.1, 0.15) is 0 Å². The highest BCUT2D eigenvalue weighted by Crippen LogP contribution is 2.37. The molecule has 0 saturated heterocycles. The van der Waals surface area contributed by atoms with Gasteiger partial charge >= 0.3 is 0 Å². The first-order valence-corrected chi connectivity index (χ1v) is 9.20. The summed E-state index contributed by atoms with van der Waals surface area (Å²) in [5.74, 6) is -2.19. The van der Waals surface area contributed by atoms with Crippen LogP contribution in [-0.4, -0.2) is 21.5 Å². The first kappa shape index (κ1) is 19.9. The van der Waals surface area contributed by atoms with Crippen LogP contribution in [0.2, 0.25) is 5.02 Å². The van der Waals surface area contributed by atoms with Gasteiger partial charge in [-0.15, -0.1) is 0 Å². The van der Waals surface area contributed by atoms with Gasteiger partial charge in [-0.2, -0.15) is 0 Å². The van der Waals surface area contributed by atoms with Crippen LogP contribution in [-0.2, 0) is 4.79 Å². The molecule has 2 aromatic carbocycles. The maximum absolute atomic E-state index is 14.1. The Labute approximate surface area is 166 Å². The molecule has 3 aromatic rings. The standard InChI is InChI=1S/C21H20ClFN2O3/c1-11(3-8-19(24)27)20-12(2)25(17-10-16(23)18(26)9-15(17)20)21(28)13-4-6-14(22)7-5-13/h4-7,9-11,26H,3,8H2,1-2H3,(H2,24,27)/t11-/m0/s1. The second kappa shape index (κ2) is 7.64. The number of aromatic hydroxyl groups is 1. The normalized spacial score (nSPS) is 12.3. The number of halogens is 2. The third-order valence-corrected chi connectivity index (χ3v) is 5.18. The second-order valence-corrected chi connectivity index (χ2v) is 7.31. The van der Waals surface area contributed by atoms with Crippen LogP contribution in [0.15, 0.2) is 36.4 Å². The van der Waals surface area contributed by atoms with Gasteiger partial charge in [-0.1, -0.05) is 18.5 Å². The Kier molecular flexibility index (Phi) is 5.42. The molecule has 0 spiro atoms. The average molecular weight is 403 g/mol. The molecule has 0 aliphatic heterocycles. The molecule has 1 atom stereocenters. The summed E-state index contributed by atoms with van der Waals surface area (Å²) < 4.78 is 15.5. The predicted octanol–water partition coefficient (Wildman–Crippen LogP) is 4.51. The molecule has 0 fully saturated rings. The number of fused-ring (bicyclic) bond motifs is 1. The van der Waals surface area contributed by atoms with E-state index in [1.165, 1.54) is 10.6 Å². The Morgan fingerprint density at radius 3 is 2.50 bits per heavy atom. The molecule has 1 amide bonds. The number of aromatic nitrogens is 1. The van der Waals surface area contributed by atoms with E-state index in [2.05, 4.69) is 0 Å². The molecule has 146 valence electrons. The van der Waals surface area contributed by atoms with E-state index in [-0.39, 0.29) is 18.2 Å². The first-order valence-electron chi connectivity index (χ1n) is 8.82. The molecule has 7 heteroatoms. The summed E-state index contributed by atoms with van der Waals surface area (Å²) in [7, 11) is 0. The Balaban J connectivity index is 2.20. The fourth-order valence-electron chi connectivity index (χ4n) is 3.56. The molecule has 0 unspecified atom stereocenters. The van der Waals surface area contributed by atoms with E-state index in [0.29, 0.717) is 33.6 Å². The van der Waals surface area contributed by atoms with Crippen LogP contribution < -0.4 is 5.73 Å². The van der Waals surface area contributed by atoms with Gasteiger partial charge in [-0.3, -0.25) is 14.2 Å². The number of benzene rings is 2. The lowest BCUT2D eigenvalue weighted by Crippen LogP contribution is -2.14. The minimum Gasteiger partial charge on any atom is -0.505 e. The molecule has 0 saturated carbocycles. The Morgan fingerprint density at radius 1 is 1.25 bits per heavy atom. The zero-order chi connectivity index (χ0) is 20.6. The lowest BCUT2D eigenvalue weighted by atomic mass is 9.93. The van der Waals surface area contributed by atoms with Gasteiger partial charge in [0.05, 0.1) is 5.52 Å². The van der Waals surface area contributed by atoms with Crippen LogP contribution in [0.4, 0.5) is 4.39 Å². The van der Waals surface area contributed by atoms with Crippen LogP contribution in [0, 0.1) is 12.7 Å². The summed E-state index contributed by atoms with van der Waals surface area (Å²) in [6, 6.07) is 8.89. The monoisotopic (exact) mass is 402 g/mol. The number of nitrogens with zero attached hydrogens (tertiary/aromatic N) is 1. The van der Waals surface area contributed by atoms with Crippen molar-refractivity contribution < 1.29 is 19.1 Å². The molecule has 0 aliphatic rings. The van der Waals surface area contributed by atoms with Gasteiger partial charge in [0, 0.05) is 34.2 Å². The van der Waals surface area contributed by atoms with Gasteiger partial charge in [0.25, 0.3) is 5.91 Å². The lowest BCUT2D eigenvalue weighted by molar-refractivity contribution is -0.118. The molecule has 0 aliphatic carbocycles. The van der Waals surface area contributed by atoms with Crippen LogP contribution in [0.5, 0.6) is 5.75 Å². The largest absolute Gasteiger partial charge is 0.505 e. The number of phenols is 1. The van der Waals surface area contributed by atoms with E-state index in [0.717, 1.165) is 11.6 Å². The van der Waals surface area contributed by atoms with Gasteiger partial charge in [0.2, 0.25) is 5.91 Å². The van der Waals surface area contributed by atoms with E-state index < -0.39 is 17.5 Å². The minimum absolute atomic E-state index is 0.126. The Bertz CT molecular complexity index is 1070. The van der Waals surface area contributed by atoms with Crippen LogP contribution in [0.3, 0.4) is 0 Å². The number of hydrogen-bond acceptors (Lipinski definition) is 3. The molecule has 1 aromatic heterocycles. The molecule has 1 heterocycles. The minimum atomic E-state index is -0.813. The molecular formula is C21H20ClFN2O3. The van der Waals surface area contributed by atoms with Crippen molar-refractivity contribution in [1.29, 1.82) is 0 Å².